The van der Waals surface area contributed by atoms with Crippen LogP contribution in [0.2, 0.25) is 0 Å². The molecule has 0 aliphatic heterocycles. The zero-order valence-corrected chi connectivity index (χ0v) is 19.4. The lowest BCUT2D eigenvalue weighted by Crippen LogP contribution is -2.37. The number of aryl methyl sites for hydroxylation is 1. The van der Waals surface area contributed by atoms with Gasteiger partial charge in [0.15, 0.2) is 5.96 Å². The van der Waals surface area contributed by atoms with Crippen LogP contribution >= 0.6 is 11.3 Å². The second-order valence-corrected chi connectivity index (χ2v) is 8.17. The molecule has 0 aliphatic carbocycles. The highest BCUT2D eigenvalue weighted by Crippen LogP contribution is 2.14. The van der Waals surface area contributed by atoms with E-state index in [0.717, 1.165) is 61.4 Å². The lowest BCUT2D eigenvalue weighted by atomic mass is 10.2. The van der Waals surface area contributed by atoms with Gasteiger partial charge in [0.1, 0.15) is 12.4 Å². The van der Waals surface area contributed by atoms with Crippen molar-refractivity contribution in [2.45, 2.75) is 26.3 Å². The summed E-state index contributed by atoms with van der Waals surface area (Å²) >= 11 is 1.78. The molecule has 0 radical (unpaired) electrons. The first-order valence-electron chi connectivity index (χ1n) is 10.4. The molecule has 0 bridgehead atoms. The molecule has 0 aliphatic rings. The Bertz CT molecular complexity index is 765. The maximum atomic E-state index is 5.89. The van der Waals surface area contributed by atoms with Gasteiger partial charge in [-0.25, -0.2) is 4.98 Å². The van der Waals surface area contributed by atoms with Crippen molar-refractivity contribution in [3.63, 3.8) is 0 Å². The molecule has 2 N–H and O–H groups in total. The normalized spacial score (nSPS) is 11.7. The van der Waals surface area contributed by atoms with E-state index in [-0.39, 0.29) is 0 Å². The van der Waals surface area contributed by atoms with Crippen LogP contribution in [0, 0.1) is 0 Å². The Balaban J connectivity index is 1.71. The fourth-order valence-electron chi connectivity index (χ4n) is 2.74. The molecule has 1 aromatic carbocycles. The first-order valence-corrected chi connectivity index (χ1v) is 11.2. The van der Waals surface area contributed by atoms with Gasteiger partial charge < -0.3 is 25.0 Å². The highest BCUT2D eigenvalue weighted by Gasteiger charge is 2.04. The quantitative estimate of drug-likeness (QED) is 0.374. The first kappa shape index (κ1) is 24.1. The Kier molecular flexibility index (Phi) is 11.2. The van der Waals surface area contributed by atoms with Crippen molar-refractivity contribution in [3.05, 3.63) is 45.9 Å². The number of likely N-dealkylation sites (N-methyl/N-ethyl adjacent to an activating group) is 1. The predicted octanol–water partition coefficient (Wildman–Crippen LogP) is 2.57. The third kappa shape index (κ3) is 9.11. The molecule has 0 spiro atoms. The number of nitrogens with zero attached hydrogens (tertiary/aromatic N) is 3. The summed E-state index contributed by atoms with van der Waals surface area (Å²) < 4.78 is 11.0. The van der Waals surface area contributed by atoms with Gasteiger partial charge in [-0.05, 0) is 31.2 Å². The van der Waals surface area contributed by atoms with E-state index in [4.69, 9.17) is 9.47 Å². The first-order chi connectivity index (χ1) is 14.6. The highest BCUT2D eigenvalue weighted by atomic mass is 32.1. The molecule has 0 fully saturated rings. The van der Waals surface area contributed by atoms with Crippen LogP contribution in [-0.4, -0.2) is 69.9 Å². The zero-order chi connectivity index (χ0) is 21.6. The van der Waals surface area contributed by atoms with Crippen LogP contribution in [0.4, 0.5) is 0 Å². The Morgan fingerprint density at radius 3 is 2.80 bits per heavy atom. The summed E-state index contributed by atoms with van der Waals surface area (Å²) in [6.07, 6.45) is 3.91. The standard InChI is InChI=1S/C22H35N5O2S/c1-5-20-17-25-21(30-20)9-10-24-22(23-2)26-16-18-7-6-8-19(15-18)29-14-12-27(3)11-13-28-4/h6-8,15,17H,5,9-14,16H2,1-4H3,(H2,23,24,26). The Morgan fingerprint density at radius 2 is 2.07 bits per heavy atom. The van der Waals surface area contributed by atoms with Gasteiger partial charge in [0, 0.05) is 57.8 Å². The molecule has 30 heavy (non-hydrogen) atoms. The van der Waals surface area contributed by atoms with E-state index >= 15 is 0 Å². The average molecular weight is 434 g/mol. The summed E-state index contributed by atoms with van der Waals surface area (Å²) in [5.74, 6) is 1.67. The van der Waals surface area contributed by atoms with E-state index in [1.165, 1.54) is 4.88 Å². The van der Waals surface area contributed by atoms with Crippen molar-refractivity contribution in [1.82, 2.24) is 20.5 Å². The number of ether oxygens (including phenoxy) is 2. The number of methoxy groups -OCH3 is 1. The molecule has 0 unspecified atom stereocenters. The molecule has 0 atom stereocenters. The van der Waals surface area contributed by atoms with E-state index < -0.39 is 0 Å². The molecular formula is C22H35N5O2S. The summed E-state index contributed by atoms with van der Waals surface area (Å²) in [4.78, 5) is 12.3. The van der Waals surface area contributed by atoms with E-state index in [1.807, 2.05) is 18.3 Å². The molecule has 2 rings (SSSR count). The molecule has 0 amide bonds. The van der Waals surface area contributed by atoms with Gasteiger partial charge in [-0.2, -0.15) is 0 Å². The molecule has 1 aromatic heterocycles. The van der Waals surface area contributed by atoms with Crippen LogP contribution in [0.1, 0.15) is 22.4 Å². The van der Waals surface area contributed by atoms with E-state index in [0.29, 0.717) is 13.2 Å². The average Bonchev–Trinajstić information content (AvgIpc) is 3.23. The summed E-state index contributed by atoms with van der Waals surface area (Å²) in [5.41, 5.74) is 1.15. The largest absolute Gasteiger partial charge is 0.492 e. The van der Waals surface area contributed by atoms with Gasteiger partial charge in [0.25, 0.3) is 0 Å². The Labute approximate surface area is 184 Å². The number of benzene rings is 1. The minimum Gasteiger partial charge on any atom is -0.492 e. The molecule has 0 saturated heterocycles. The van der Waals surface area contributed by atoms with Crippen LogP contribution in [0.3, 0.4) is 0 Å². The SMILES string of the molecule is CCc1cnc(CCNC(=NC)NCc2cccc(OCCN(C)CCOC)c2)s1. The fourth-order valence-corrected chi connectivity index (χ4v) is 3.61. The van der Waals surface area contributed by atoms with E-state index in [1.54, 1.807) is 25.5 Å². The maximum absolute atomic E-state index is 5.89. The highest BCUT2D eigenvalue weighted by molar-refractivity contribution is 7.11. The van der Waals surface area contributed by atoms with Gasteiger partial charge in [-0.3, -0.25) is 4.99 Å². The number of aliphatic imine (C=N–C) groups is 1. The minimum absolute atomic E-state index is 0.650. The molecule has 0 saturated carbocycles. The van der Waals surface area contributed by atoms with E-state index in [2.05, 4.69) is 51.6 Å². The van der Waals surface area contributed by atoms with Crippen LogP contribution in [0.15, 0.2) is 35.5 Å². The second-order valence-electron chi connectivity index (χ2n) is 6.97. The van der Waals surface area contributed by atoms with Crippen molar-refractivity contribution < 1.29 is 9.47 Å². The number of guanidine groups is 1. The van der Waals surface area contributed by atoms with Crippen molar-refractivity contribution in [2.75, 3.05) is 54.1 Å². The number of aromatic nitrogens is 1. The predicted molar refractivity (Wildman–Crippen MR) is 125 cm³/mol. The lowest BCUT2D eigenvalue weighted by Gasteiger charge is -2.16. The van der Waals surface area contributed by atoms with Crippen LogP contribution in [-0.2, 0) is 24.1 Å². The van der Waals surface area contributed by atoms with Crippen molar-refractivity contribution in [3.8, 4) is 5.75 Å². The third-order valence-corrected chi connectivity index (χ3v) is 5.78. The van der Waals surface area contributed by atoms with Crippen LogP contribution in [0.5, 0.6) is 5.75 Å². The maximum Gasteiger partial charge on any atom is 0.191 e. The number of hydrogen-bond donors (Lipinski definition) is 2. The number of rotatable bonds is 13. The van der Waals surface area contributed by atoms with Gasteiger partial charge in [-0.15, -0.1) is 11.3 Å². The van der Waals surface area contributed by atoms with Gasteiger partial charge in [0.2, 0.25) is 0 Å². The van der Waals surface area contributed by atoms with Crippen LogP contribution < -0.4 is 15.4 Å². The lowest BCUT2D eigenvalue weighted by molar-refractivity contribution is 0.150. The summed E-state index contributed by atoms with van der Waals surface area (Å²) in [6.45, 7) is 6.79. The molecule has 8 heteroatoms. The molecule has 166 valence electrons. The smallest absolute Gasteiger partial charge is 0.191 e. The minimum atomic E-state index is 0.650. The number of hydrogen-bond acceptors (Lipinski definition) is 6. The summed E-state index contributed by atoms with van der Waals surface area (Å²) in [5, 5.41) is 7.87. The van der Waals surface area contributed by atoms with Gasteiger partial charge in [-0.1, -0.05) is 19.1 Å². The second kappa shape index (κ2) is 14.0. The topological polar surface area (TPSA) is 71.0 Å². The summed E-state index contributed by atoms with van der Waals surface area (Å²) in [7, 11) is 5.57. The van der Waals surface area contributed by atoms with Crippen molar-refractivity contribution in [2.24, 2.45) is 4.99 Å². The van der Waals surface area contributed by atoms with Crippen molar-refractivity contribution >= 4 is 17.3 Å². The van der Waals surface area contributed by atoms with Crippen LogP contribution in [0.25, 0.3) is 0 Å². The molecular weight excluding hydrogens is 398 g/mol. The fraction of sp³-hybridized carbons (Fsp3) is 0.545. The van der Waals surface area contributed by atoms with E-state index in [9.17, 15) is 0 Å². The Hall–Kier alpha value is -2.16. The molecule has 2 aromatic rings. The summed E-state index contributed by atoms with van der Waals surface area (Å²) in [6, 6.07) is 8.16. The zero-order valence-electron chi connectivity index (χ0n) is 18.6. The Morgan fingerprint density at radius 1 is 1.23 bits per heavy atom. The van der Waals surface area contributed by atoms with Crippen molar-refractivity contribution in [1.29, 1.82) is 0 Å². The monoisotopic (exact) mass is 433 g/mol. The van der Waals surface area contributed by atoms with Gasteiger partial charge in [0.05, 0.1) is 11.6 Å². The number of thiazole rings is 1. The molecule has 1 heterocycles. The molecule has 7 nitrogen and oxygen atoms in total. The third-order valence-electron chi connectivity index (χ3n) is 4.58. The van der Waals surface area contributed by atoms with Gasteiger partial charge >= 0.3 is 0 Å². The number of nitrogens with one attached hydrogen (secondary N) is 2.